The van der Waals surface area contributed by atoms with E-state index in [1.165, 1.54) is 0 Å². The summed E-state index contributed by atoms with van der Waals surface area (Å²) in [5, 5.41) is 13.7. The van der Waals surface area contributed by atoms with Crippen molar-refractivity contribution in [2.45, 2.75) is 6.54 Å². The van der Waals surface area contributed by atoms with Crippen LogP contribution in [0.3, 0.4) is 0 Å². The first kappa shape index (κ1) is 12.5. The zero-order valence-corrected chi connectivity index (χ0v) is 11.2. The number of tetrazole rings is 1. The molecule has 0 atom stereocenters. The summed E-state index contributed by atoms with van der Waals surface area (Å²) in [6.07, 6.45) is 0. The summed E-state index contributed by atoms with van der Waals surface area (Å²) in [6.45, 7) is 0.402. The van der Waals surface area contributed by atoms with Crippen molar-refractivity contribution < 1.29 is 4.79 Å². The van der Waals surface area contributed by atoms with E-state index in [1.54, 1.807) is 28.2 Å². The van der Waals surface area contributed by atoms with E-state index in [0.717, 1.165) is 10.4 Å². The second-order valence-electron chi connectivity index (χ2n) is 4.16. The van der Waals surface area contributed by atoms with E-state index in [0.29, 0.717) is 17.9 Å². The van der Waals surface area contributed by atoms with E-state index in [1.807, 2.05) is 29.6 Å². The van der Waals surface area contributed by atoms with E-state index in [9.17, 15) is 4.79 Å². The quantitative estimate of drug-likeness (QED) is 0.788. The Kier molecular flexibility index (Phi) is 3.26. The smallest absolute Gasteiger partial charge is 0.249 e. The largest absolute Gasteiger partial charge is 0.366 e. The summed E-state index contributed by atoms with van der Waals surface area (Å²) in [7, 11) is 0. The molecule has 7 heteroatoms. The van der Waals surface area contributed by atoms with Crippen molar-refractivity contribution in [2.24, 2.45) is 5.73 Å². The predicted molar refractivity (Wildman–Crippen MR) is 75.2 cm³/mol. The molecule has 6 nitrogen and oxygen atoms in total. The Bertz CT molecular complexity index is 735. The standard InChI is InChI=1S/C13H11N5OS/c14-12(19)10-5-2-1-4-9(10)8-18-13(15-16-17-18)11-6-3-7-20-11/h1-7H,8H2,(H2,14,19). The van der Waals surface area contributed by atoms with Crippen LogP contribution in [0.15, 0.2) is 41.8 Å². The molecule has 0 saturated carbocycles. The highest BCUT2D eigenvalue weighted by Crippen LogP contribution is 2.22. The lowest BCUT2D eigenvalue weighted by Gasteiger charge is -2.07. The minimum absolute atomic E-state index is 0.402. The van der Waals surface area contributed by atoms with Crippen molar-refractivity contribution in [2.75, 3.05) is 0 Å². The van der Waals surface area contributed by atoms with Gasteiger partial charge in [0.15, 0.2) is 5.82 Å². The van der Waals surface area contributed by atoms with Gasteiger partial charge in [-0.15, -0.1) is 16.4 Å². The normalized spacial score (nSPS) is 10.6. The predicted octanol–water partition coefficient (Wildman–Crippen LogP) is 1.55. The van der Waals surface area contributed by atoms with Crippen LogP contribution in [-0.2, 0) is 6.54 Å². The molecular formula is C13H11N5OS. The molecule has 3 aromatic rings. The van der Waals surface area contributed by atoms with E-state index < -0.39 is 5.91 Å². The first-order valence-electron chi connectivity index (χ1n) is 5.93. The van der Waals surface area contributed by atoms with Crippen LogP contribution in [-0.4, -0.2) is 26.1 Å². The maximum atomic E-state index is 11.4. The number of carbonyl (C=O) groups excluding carboxylic acids is 1. The van der Waals surface area contributed by atoms with Gasteiger partial charge in [0.25, 0.3) is 0 Å². The van der Waals surface area contributed by atoms with Crippen LogP contribution in [0, 0.1) is 0 Å². The summed E-state index contributed by atoms with van der Waals surface area (Å²) in [6, 6.07) is 11.1. The van der Waals surface area contributed by atoms with Crippen LogP contribution in [0.5, 0.6) is 0 Å². The van der Waals surface area contributed by atoms with Crippen LogP contribution in [0.25, 0.3) is 10.7 Å². The van der Waals surface area contributed by atoms with Crippen molar-refractivity contribution in [3.05, 3.63) is 52.9 Å². The summed E-state index contributed by atoms with van der Waals surface area (Å²) >= 11 is 1.56. The summed E-state index contributed by atoms with van der Waals surface area (Å²) < 4.78 is 1.66. The van der Waals surface area contributed by atoms with Gasteiger partial charge < -0.3 is 5.73 Å². The Morgan fingerprint density at radius 2 is 2.10 bits per heavy atom. The third kappa shape index (κ3) is 2.30. The molecule has 2 heterocycles. The van der Waals surface area contributed by atoms with Gasteiger partial charge >= 0.3 is 0 Å². The average Bonchev–Trinajstić information content (AvgIpc) is 3.09. The van der Waals surface area contributed by atoms with E-state index in [-0.39, 0.29) is 0 Å². The topological polar surface area (TPSA) is 86.7 Å². The molecule has 100 valence electrons. The second-order valence-corrected chi connectivity index (χ2v) is 5.11. The second kappa shape index (κ2) is 5.22. The first-order valence-corrected chi connectivity index (χ1v) is 6.81. The number of aromatic nitrogens is 4. The zero-order valence-electron chi connectivity index (χ0n) is 10.4. The monoisotopic (exact) mass is 285 g/mol. The Hall–Kier alpha value is -2.54. The fraction of sp³-hybridized carbons (Fsp3) is 0.0769. The molecule has 1 amide bonds. The number of benzene rings is 1. The van der Waals surface area contributed by atoms with Gasteiger partial charge in [0.05, 0.1) is 11.4 Å². The molecule has 0 aliphatic rings. The molecule has 0 bridgehead atoms. The minimum Gasteiger partial charge on any atom is -0.366 e. The number of amides is 1. The molecule has 2 aromatic heterocycles. The number of rotatable bonds is 4. The van der Waals surface area contributed by atoms with Crippen molar-refractivity contribution in [1.82, 2.24) is 20.2 Å². The van der Waals surface area contributed by atoms with E-state index >= 15 is 0 Å². The number of nitrogens with zero attached hydrogens (tertiary/aromatic N) is 4. The summed E-state index contributed by atoms with van der Waals surface area (Å²) in [5.41, 5.74) is 6.66. The maximum Gasteiger partial charge on any atom is 0.249 e. The van der Waals surface area contributed by atoms with Crippen LogP contribution in [0.1, 0.15) is 15.9 Å². The first-order chi connectivity index (χ1) is 9.75. The van der Waals surface area contributed by atoms with Crippen molar-refractivity contribution in [1.29, 1.82) is 0 Å². The molecular weight excluding hydrogens is 274 g/mol. The third-order valence-electron chi connectivity index (χ3n) is 2.88. The Morgan fingerprint density at radius 3 is 2.85 bits per heavy atom. The number of hydrogen-bond acceptors (Lipinski definition) is 5. The van der Waals surface area contributed by atoms with Crippen LogP contribution >= 0.6 is 11.3 Å². The molecule has 0 aliphatic carbocycles. The van der Waals surface area contributed by atoms with Crippen LogP contribution in [0.4, 0.5) is 0 Å². The van der Waals surface area contributed by atoms with Gasteiger partial charge in [0, 0.05) is 5.56 Å². The molecule has 0 radical (unpaired) electrons. The van der Waals surface area contributed by atoms with Gasteiger partial charge in [-0.1, -0.05) is 24.3 Å². The number of nitrogens with two attached hydrogens (primary N) is 1. The lowest BCUT2D eigenvalue weighted by atomic mass is 10.1. The van der Waals surface area contributed by atoms with E-state index in [4.69, 9.17) is 5.73 Å². The average molecular weight is 285 g/mol. The van der Waals surface area contributed by atoms with Gasteiger partial charge in [-0.25, -0.2) is 4.68 Å². The van der Waals surface area contributed by atoms with Gasteiger partial charge in [-0.2, -0.15) is 0 Å². The van der Waals surface area contributed by atoms with E-state index in [2.05, 4.69) is 15.5 Å². The highest BCUT2D eigenvalue weighted by atomic mass is 32.1. The van der Waals surface area contributed by atoms with Gasteiger partial charge in [-0.05, 0) is 33.5 Å². The van der Waals surface area contributed by atoms with Gasteiger partial charge in [-0.3, -0.25) is 4.79 Å². The highest BCUT2D eigenvalue weighted by molar-refractivity contribution is 7.13. The number of carbonyl (C=O) groups is 1. The molecule has 0 fully saturated rings. The SMILES string of the molecule is NC(=O)c1ccccc1Cn1nnnc1-c1cccs1. The molecule has 3 rings (SSSR count). The summed E-state index contributed by atoms with van der Waals surface area (Å²) in [5.74, 6) is 0.227. The maximum absolute atomic E-state index is 11.4. The number of hydrogen-bond donors (Lipinski definition) is 1. The fourth-order valence-electron chi connectivity index (χ4n) is 1.95. The Morgan fingerprint density at radius 1 is 1.25 bits per heavy atom. The minimum atomic E-state index is -0.452. The van der Waals surface area contributed by atoms with Gasteiger partial charge in [0.2, 0.25) is 5.91 Å². The molecule has 0 saturated heterocycles. The van der Waals surface area contributed by atoms with Crippen LogP contribution in [0.2, 0.25) is 0 Å². The molecule has 0 unspecified atom stereocenters. The summed E-state index contributed by atoms with van der Waals surface area (Å²) in [4.78, 5) is 12.4. The highest BCUT2D eigenvalue weighted by Gasteiger charge is 2.13. The molecule has 1 aromatic carbocycles. The Labute approximate surface area is 118 Å². The van der Waals surface area contributed by atoms with Crippen molar-refractivity contribution >= 4 is 17.2 Å². The lowest BCUT2D eigenvalue weighted by Crippen LogP contribution is -2.15. The van der Waals surface area contributed by atoms with Gasteiger partial charge in [0.1, 0.15) is 0 Å². The van der Waals surface area contributed by atoms with Crippen LogP contribution < -0.4 is 5.73 Å². The third-order valence-corrected chi connectivity index (χ3v) is 3.74. The van der Waals surface area contributed by atoms with Crippen molar-refractivity contribution in [3.63, 3.8) is 0 Å². The fourth-order valence-corrected chi connectivity index (χ4v) is 2.67. The lowest BCUT2D eigenvalue weighted by molar-refractivity contribution is 0.0999. The molecule has 20 heavy (non-hydrogen) atoms. The number of thiophene rings is 1. The molecule has 2 N–H and O–H groups in total. The van der Waals surface area contributed by atoms with Crippen molar-refractivity contribution in [3.8, 4) is 10.7 Å². The zero-order chi connectivity index (χ0) is 13.9. The Balaban J connectivity index is 1.97. The molecule has 0 aliphatic heterocycles. The number of primary amides is 1. The molecule has 0 spiro atoms.